The van der Waals surface area contributed by atoms with Crippen molar-refractivity contribution in [3.63, 3.8) is 0 Å². The molecule has 124 valence electrons. The molecule has 0 amide bonds. The molecule has 0 aliphatic rings. The minimum absolute atomic E-state index is 0.198. The van der Waals surface area contributed by atoms with Crippen molar-refractivity contribution in [2.24, 2.45) is 0 Å². The van der Waals surface area contributed by atoms with Crippen LogP contribution in [-0.2, 0) is 0 Å². The van der Waals surface area contributed by atoms with Crippen molar-refractivity contribution < 1.29 is 18.3 Å². The summed E-state index contributed by atoms with van der Waals surface area (Å²) in [6, 6.07) is 9.63. The Balaban J connectivity index is 2.19. The second kappa shape index (κ2) is 6.39. The normalized spacial score (nSPS) is 11.1. The molecule has 3 rings (SSSR count). The first kappa shape index (κ1) is 16.1. The zero-order valence-electron chi connectivity index (χ0n) is 13.5. The van der Waals surface area contributed by atoms with Gasteiger partial charge in [-0.25, -0.2) is 9.97 Å². The van der Waals surface area contributed by atoms with Gasteiger partial charge in [-0.3, -0.25) is 0 Å². The van der Waals surface area contributed by atoms with Crippen LogP contribution in [0.2, 0.25) is 0 Å². The number of aromatic nitrogens is 2. The molecule has 0 saturated carbocycles. The highest BCUT2D eigenvalue weighted by Gasteiger charge is 2.12. The van der Waals surface area contributed by atoms with Crippen molar-refractivity contribution in [2.45, 2.75) is 20.5 Å². The summed E-state index contributed by atoms with van der Waals surface area (Å²) >= 11 is 0. The van der Waals surface area contributed by atoms with Crippen molar-refractivity contribution in [3.05, 3.63) is 47.7 Å². The molecule has 1 heterocycles. The Morgan fingerprint density at radius 2 is 1.75 bits per heavy atom. The maximum atomic E-state index is 12.4. The molecule has 0 atom stereocenters. The minimum Gasteiger partial charge on any atom is -0.497 e. The van der Waals surface area contributed by atoms with E-state index in [2.05, 4.69) is 14.7 Å². The molecule has 0 aliphatic carbocycles. The third kappa shape index (κ3) is 3.27. The summed E-state index contributed by atoms with van der Waals surface area (Å²) in [6.07, 6.45) is 1.21. The van der Waals surface area contributed by atoms with Gasteiger partial charge in [0.05, 0.1) is 24.3 Å². The molecule has 0 aliphatic heterocycles. The average molecular weight is 330 g/mol. The monoisotopic (exact) mass is 330 g/mol. The van der Waals surface area contributed by atoms with E-state index in [1.807, 2.05) is 38.1 Å². The highest BCUT2D eigenvalue weighted by molar-refractivity contribution is 5.92. The van der Waals surface area contributed by atoms with E-state index in [0.29, 0.717) is 11.0 Å². The van der Waals surface area contributed by atoms with Gasteiger partial charge in [0.25, 0.3) is 0 Å². The van der Waals surface area contributed by atoms with Crippen LogP contribution in [-0.4, -0.2) is 23.7 Å². The summed E-state index contributed by atoms with van der Waals surface area (Å²) in [6.45, 7) is 0.963. The number of halogens is 2. The molecule has 0 radical (unpaired) electrons. The fraction of sp³-hybridized carbons (Fsp3) is 0.222. The van der Waals surface area contributed by atoms with E-state index in [0.717, 1.165) is 28.0 Å². The van der Waals surface area contributed by atoms with Gasteiger partial charge in [-0.15, -0.1) is 0 Å². The SMILES string of the molecule is COc1cc(C)cc(-c2cc(C)cc3nc(OC(F)F)cnc23)c1. The van der Waals surface area contributed by atoms with E-state index in [4.69, 9.17) is 4.74 Å². The number of ether oxygens (including phenoxy) is 2. The van der Waals surface area contributed by atoms with Crippen molar-refractivity contribution in [1.29, 1.82) is 0 Å². The second-order valence-corrected chi connectivity index (χ2v) is 5.51. The van der Waals surface area contributed by atoms with Gasteiger partial charge in [-0.1, -0.05) is 6.07 Å². The fourth-order valence-corrected chi connectivity index (χ4v) is 2.64. The topological polar surface area (TPSA) is 44.2 Å². The first-order chi connectivity index (χ1) is 11.5. The van der Waals surface area contributed by atoms with Gasteiger partial charge >= 0.3 is 6.61 Å². The third-order valence-electron chi connectivity index (χ3n) is 3.58. The average Bonchev–Trinajstić information content (AvgIpc) is 2.52. The van der Waals surface area contributed by atoms with Crippen LogP contribution in [0.25, 0.3) is 22.2 Å². The summed E-state index contributed by atoms with van der Waals surface area (Å²) in [5.41, 5.74) is 4.91. The van der Waals surface area contributed by atoms with Crippen LogP contribution in [0.5, 0.6) is 11.6 Å². The quantitative estimate of drug-likeness (QED) is 0.705. The lowest BCUT2D eigenvalue weighted by Gasteiger charge is -2.11. The molecule has 0 unspecified atom stereocenters. The van der Waals surface area contributed by atoms with Crippen LogP contribution in [0.1, 0.15) is 11.1 Å². The molecular weight excluding hydrogens is 314 g/mol. The maximum absolute atomic E-state index is 12.4. The van der Waals surface area contributed by atoms with Crippen LogP contribution in [0.3, 0.4) is 0 Å². The number of hydrogen-bond acceptors (Lipinski definition) is 4. The van der Waals surface area contributed by atoms with Gasteiger partial charge in [0.2, 0.25) is 5.88 Å². The number of nitrogens with zero attached hydrogens (tertiary/aromatic N) is 2. The van der Waals surface area contributed by atoms with Crippen molar-refractivity contribution in [1.82, 2.24) is 9.97 Å². The Kier molecular flexibility index (Phi) is 4.29. The highest BCUT2D eigenvalue weighted by atomic mass is 19.3. The van der Waals surface area contributed by atoms with Crippen molar-refractivity contribution >= 4 is 11.0 Å². The Bertz CT molecular complexity index is 898. The minimum atomic E-state index is -2.93. The van der Waals surface area contributed by atoms with E-state index in [9.17, 15) is 8.78 Å². The van der Waals surface area contributed by atoms with E-state index < -0.39 is 6.61 Å². The summed E-state index contributed by atoms with van der Waals surface area (Å²) in [5, 5.41) is 0. The molecule has 0 N–H and O–H groups in total. The Hall–Kier alpha value is -2.76. The Morgan fingerprint density at radius 1 is 1.00 bits per heavy atom. The summed E-state index contributed by atoms with van der Waals surface area (Å²) < 4.78 is 34.4. The number of fused-ring (bicyclic) bond motifs is 1. The van der Waals surface area contributed by atoms with Crippen molar-refractivity contribution in [2.75, 3.05) is 7.11 Å². The summed E-state index contributed by atoms with van der Waals surface area (Å²) in [4.78, 5) is 8.41. The fourth-order valence-electron chi connectivity index (χ4n) is 2.64. The number of benzene rings is 2. The lowest BCUT2D eigenvalue weighted by Crippen LogP contribution is -2.04. The highest BCUT2D eigenvalue weighted by Crippen LogP contribution is 2.32. The summed E-state index contributed by atoms with van der Waals surface area (Å²) in [7, 11) is 1.61. The molecule has 4 nitrogen and oxygen atoms in total. The second-order valence-electron chi connectivity index (χ2n) is 5.51. The zero-order chi connectivity index (χ0) is 17.3. The molecule has 1 aromatic heterocycles. The molecule has 6 heteroatoms. The van der Waals surface area contributed by atoms with Gasteiger partial charge in [0, 0.05) is 5.56 Å². The predicted molar refractivity (Wildman–Crippen MR) is 87.6 cm³/mol. The molecule has 2 aromatic carbocycles. The first-order valence-electron chi connectivity index (χ1n) is 7.34. The number of hydrogen-bond donors (Lipinski definition) is 0. The van der Waals surface area contributed by atoms with E-state index in [-0.39, 0.29) is 5.88 Å². The number of alkyl halides is 2. The van der Waals surface area contributed by atoms with E-state index in [1.54, 1.807) is 13.2 Å². The standard InChI is InChI=1S/C18H16F2N2O2/c1-10-4-12(8-13(5-10)23-3)14-6-11(2)7-15-17(14)21-9-16(22-15)24-18(19)20/h4-9,18H,1-3H3. The van der Waals surface area contributed by atoms with Crippen LogP contribution < -0.4 is 9.47 Å². The van der Waals surface area contributed by atoms with Gasteiger partial charge in [0.15, 0.2) is 0 Å². The molecule has 0 saturated heterocycles. The number of rotatable bonds is 4. The molecule has 0 bridgehead atoms. The number of aryl methyl sites for hydroxylation is 2. The largest absolute Gasteiger partial charge is 0.497 e. The van der Waals surface area contributed by atoms with Crippen LogP contribution in [0, 0.1) is 13.8 Å². The molecule has 0 fully saturated rings. The lowest BCUT2D eigenvalue weighted by molar-refractivity contribution is -0.0528. The number of methoxy groups -OCH3 is 1. The Morgan fingerprint density at radius 3 is 2.46 bits per heavy atom. The van der Waals surface area contributed by atoms with E-state index in [1.165, 1.54) is 6.20 Å². The smallest absolute Gasteiger partial charge is 0.388 e. The van der Waals surface area contributed by atoms with Crippen LogP contribution in [0.4, 0.5) is 8.78 Å². The molecule has 3 aromatic rings. The van der Waals surface area contributed by atoms with Gasteiger partial charge in [-0.2, -0.15) is 8.78 Å². The van der Waals surface area contributed by atoms with Crippen LogP contribution >= 0.6 is 0 Å². The maximum Gasteiger partial charge on any atom is 0.388 e. The van der Waals surface area contributed by atoms with Gasteiger partial charge < -0.3 is 9.47 Å². The third-order valence-corrected chi connectivity index (χ3v) is 3.58. The Labute approximate surface area is 138 Å². The predicted octanol–water partition coefficient (Wildman–Crippen LogP) is 4.52. The zero-order valence-corrected chi connectivity index (χ0v) is 13.5. The first-order valence-corrected chi connectivity index (χ1v) is 7.34. The molecular formula is C18H16F2N2O2. The van der Waals surface area contributed by atoms with Gasteiger partial charge in [-0.05, 0) is 54.8 Å². The molecule has 24 heavy (non-hydrogen) atoms. The van der Waals surface area contributed by atoms with Crippen molar-refractivity contribution in [3.8, 4) is 22.8 Å². The van der Waals surface area contributed by atoms with E-state index >= 15 is 0 Å². The van der Waals surface area contributed by atoms with Gasteiger partial charge in [0.1, 0.15) is 5.75 Å². The molecule has 0 spiro atoms. The van der Waals surface area contributed by atoms with Crippen LogP contribution in [0.15, 0.2) is 36.5 Å². The lowest BCUT2D eigenvalue weighted by atomic mass is 9.99. The summed E-state index contributed by atoms with van der Waals surface area (Å²) in [5.74, 6) is 0.543.